The first-order valence-corrected chi connectivity index (χ1v) is 6.06. The number of unbranched alkanes of at least 4 members (excludes halogenated alkanes) is 3. The van der Waals surface area contributed by atoms with Crippen molar-refractivity contribution in [2.24, 2.45) is 0 Å². The van der Waals surface area contributed by atoms with Gasteiger partial charge in [-0.05, 0) is 0 Å². The van der Waals surface area contributed by atoms with E-state index in [0.717, 1.165) is 30.9 Å². The number of hydrogen-bond donors (Lipinski definition) is 1. The van der Waals surface area contributed by atoms with Gasteiger partial charge in [-0.1, -0.05) is 0 Å². The summed E-state index contributed by atoms with van der Waals surface area (Å²) in [6.45, 7) is 3.71. The first-order valence-electron chi connectivity index (χ1n) is 3.53. The molecule has 1 unspecified atom stereocenters. The van der Waals surface area contributed by atoms with Gasteiger partial charge >= 0.3 is 68.2 Å². The molecule has 2 nitrogen and oxygen atoms in total. The molecule has 0 rings (SSSR count). The van der Waals surface area contributed by atoms with Crippen molar-refractivity contribution in [1.82, 2.24) is 0 Å². The van der Waals surface area contributed by atoms with Crippen molar-refractivity contribution in [2.45, 2.75) is 30.9 Å². The molecule has 0 aliphatic heterocycles. The molecule has 0 amide bonds. The molecule has 1 N–H and O–H groups in total. The van der Waals surface area contributed by atoms with E-state index in [0.29, 0.717) is 0 Å². The maximum atomic E-state index is 10.1. The summed E-state index contributed by atoms with van der Waals surface area (Å²) in [5, 5.41) is 9.25. The monoisotopic (exact) mass is 205 g/mol. The average Bonchev–Trinajstić information content (AvgIpc) is 1.87. The van der Waals surface area contributed by atoms with E-state index in [1.165, 1.54) is 0 Å². The van der Waals surface area contributed by atoms with Crippen LogP contribution in [-0.2, 0) is 0 Å². The SMILES string of the molecule is [CH2]CCCCC[AsH]C(=O)O. The summed E-state index contributed by atoms with van der Waals surface area (Å²) in [6, 6.07) is 0. The summed E-state index contributed by atoms with van der Waals surface area (Å²) in [5.41, 5.74) is 0. The zero-order valence-electron chi connectivity index (χ0n) is 6.10. The van der Waals surface area contributed by atoms with Crippen molar-refractivity contribution >= 4 is 20.5 Å². The molecule has 0 aliphatic carbocycles. The molecule has 0 spiro atoms. The minimum atomic E-state index is -0.675. The van der Waals surface area contributed by atoms with Gasteiger partial charge in [-0.3, -0.25) is 0 Å². The predicted octanol–water partition coefficient (Wildman–Crippen LogP) is 1.91. The van der Waals surface area contributed by atoms with Gasteiger partial charge in [0.15, 0.2) is 0 Å². The number of rotatable bonds is 6. The average molecular weight is 205 g/mol. The van der Waals surface area contributed by atoms with Gasteiger partial charge in [0.2, 0.25) is 0 Å². The van der Waals surface area contributed by atoms with Crippen molar-refractivity contribution in [3.8, 4) is 0 Å². The number of hydrogen-bond acceptors (Lipinski definition) is 1. The predicted molar refractivity (Wildman–Crippen MR) is 43.8 cm³/mol. The summed E-state index contributed by atoms with van der Waals surface area (Å²) in [7, 11) is 0. The van der Waals surface area contributed by atoms with Crippen LogP contribution in [0.2, 0.25) is 5.21 Å². The summed E-state index contributed by atoms with van der Waals surface area (Å²) in [4.78, 5) is 10.1. The Labute approximate surface area is 68.7 Å². The van der Waals surface area contributed by atoms with Crippen LogP contribution in [0.1, 0.15) is 25.7 Å². The first kappa shape index (κ1) is 10.0. The summed E-state index contributed by atoms with van der Waals surface area (Å²) in [5.74, 6) is 0. The molecule has 0 aromatic rings. The molecule has 10 heavy (non-hydrogen) atoms. The fraction of sp³-hybridized carbons (Fsp3) is 0.714. The summed E-state index contributed by atoms with van der Waals surface area (Å²) in [6.07, 6.45) is 4.36. The molecule has 0 aliphatic rings. The van der Waals surface area contributed by atoms with Crippen LogP contribution in [0.3, 0.4) is 0 Å². The van der Waals surface area contributed by atoms with Gasteiger partial charge in [0.05, 0.1) is 0 Å². The zero-order valence-corrected chi connectivity index (χ0v) is 8.20. The molecule has 0 heterocycles. The Morgan fingerprint density at radius 3 is 2.60 bits per heavy atom. The second kappa shape index (κ2) is 7.14. The second-order valence-corrected chi connectivity index (χ2v) is 4.83. The van der Waals surface area contributed by atoms with Crippen molar-refractivity contribution in [3.05, 3.63) is 6.92 Å². The molecule has 0 bridgehead atoms. The van der Waals surface area contributed by atoms with Crippen molar-refractivity contribution < 1.29 is 9.90 Å². The van der Waals surface area contributed by atoms with Crippen LogP contribution >= 0.6 is 0 Å². The molecule has 1 atom stereocenters. The van der Waals surface area contributed by atoms with E-state index in [1.807, 2.05) is 0 Å². The molecule has 0 aromatic carbocycles. The Morgan fingerprint density at radius 2 is 2.10 bits per heavy atom. The molecule has 0 saturated heterocycles. The van der Waals surface area contributed by atoms with E-state index >= 15 is 0 Å². The van der Waals surface area contributed by atoms with E-state index in [4.69, 9.17) is 5.11 Å². The van der Waals surface area contributed by atoms with Crippen molar-refractivity contribution in [1.29, 1.82) is 0 Å². The quantitative estimate of drug-likeness (QED) is 0.531. The molecule has 0 saturated carbocycles. The zero-order chi connectivity index (χ0) is 7.82. The third-order valence-corrected chi connectivity index (χ3v) is 3.10. The normalized spacial score (nSPS) is 10.9. The van der Waals surface area contributed by atoms with E-state index in [9.17, 15) is 4.79 Å². The van der Waals surface area contributed by atoms with Gasteiger partial charge in [-0.15, -0.1) is 0 Å². The number of carbonyl (C=O) groups is 1. The Bertz CT molecular complexity index is 93.6. The van der Waals surface area contributed by atoms with Crippen LogP contribution in [-0.4, -0.2) is 25.6 Å². The minimum absolute atomic E-state index is 0.561. The van der Waals surface area contributed by atoms with Crippen molar-refractivity contribution in [2.75, 3.05) is 0 Å². The Morgan fingerprint density at radius 1 is 1.40 bits per heavy atom. The Hall–Kier alpha value is 0.0284. The fourth-order valence-corrected chi connectivity index (χ4v) is 2.02. The van der Waals surface area contributed by atoms with E-state index in [2.05, 4.69) is 6.92 Å². The first-order chi connectivity index (χ1) is 4.77. The molecule has 3 heteroatoms. The third-order valence-electron chi connectivity index (χ3n) is 1.20. The molecule has 1 radical (unpaired) electrons. The topological polar surface area (TPSA) is 37.3 Å². The molecule has 0 aromatic heterocycles. The van der Waals surface area contributed by atoms with Crippen LogP contribution in [0.15, 0.2) is 0 Å². The Kier molecular flexibility index (Phi) is 7.16. The van der Waals surface area contributed by atoms with E-state index in [-0.39, 0.29) is 0 Å². The van der Waals surface area contributed by atoms with Crippen LogP contribution in [0.25, 0.3) is 0 Å². The molecule has 0 fully saturated rings. The van der Waals surface area contributed by atoms with Crippen LogP contribution in [0.5, 0.6) is 0 Å². The summed E-state index contributed by atoms with van der Waals surface area (Å²) >= 11 is -0.675. The third kappa shape index (κ3) is 8.03. The standard InChI is InChI=1S/C7H14AsO2/c1-2-3-4-5-6-8-7(9)10/h8H,1-6H2,(H,9,10). The van der Waals surface area contributed by atoms with Gasteiger partial charge in [0.1, 0.15) is 0 Å². The van der Waals surface area contributed by atoms with Crippen molar-refractivity contribution in [3.63, 3.8) is 0 Å². The van der Waals surface area contributed by atoms with Gasteiger partial charge < -0.3 is 0 Å². The molecular weight excluding hydrogens is 191 g/mol. The van der Waals surface area contributed by atoms with Crippen LogP contribution in [0, 0.1) is 6.92 Å². The molecule has 59 valence electrons. The maximum absolute atomic E-state index is 10.1. The fourth-order valence-electron chi connectivity index (χ4n) is 0.674. The van der Waals surface area contributed by atoms with E-state index < -0.39 is 20.5 Å². The van der Waals surface area contributed by atoms with Crippen LogP contribution < -0.4 is 0 Å². The Balaban J connectivity index is 2.84. The number of carboxylic acid groups (broad SMARTS) is 1. The van der Waals surface area contributed by atoms with E-state index in [1.54, 1.807) is 0 Å². The van der Waals surface area contributed by atoms with Gasteiger partial charge in [-0.2, -0.15) is 0 Å². The van der Waals surface area contributed by atoms with Gasteiger partial charge in [0, 0.05) is 0 Å². The summed E-state index contributed by atoms with van der Waals surface area (Å²) < 4.78 is -0.561. The van der Waals surface area contributed by atoms with Gasteiger partial charge in [-0.25, -0.2) is 0 Å². The van der Waals surface area contributed by atoms with Crippen LogP contribution in [0.4, 0.5) is 4.79 Å². The second-order valence-electron chi connectivity index (χ2n) is 2.15. The molecular formula is C7H14AsO2. The van der Waals surface area contributed by atoms with Gasteiger partial charge in [0.25, 0.3) is 0 Å².